The number of esters is 1. The highest BCUT2D eigenvalue weighted by Crippen LogP contribution is 2.32. The molecule has 1 amide bonds. The lowest BCUT2D eigenvalue weighted by atomic mass is 10.1. The molecule has 0 aliphatic carbocycles. The number of nitrogens with zero attached hydrogens (tertiary/aromatic N) is 3. The third kappa shape index (κ3) is 5.27. The van der Waals surface area contributed by atoms with Gasteiger partial charge in [0.15, 0.2) is 0 Å². The molecular formula is C22H33N3O5S. The molecule has 0 bridgehead atoms. The number of hydrogen-bond donors (Lipinski definition) is 0. The molecule has 8 nitrogen and oxygen atoms in total. The lowest BCUT2D eigenvalue weighted by molar-refractivity contribution is -0.145. The molecule has 9 heteroatoms. The first-order valence-electron chi connectivity index (χ1n) is 11.0. The van der Waals surface area contributed by atoms with Gasteiger partial charge in [0.2, 0.25) is 15.9 Å². The van der Waals surface area contributed by atoms with Crippen molar-refractivity contribution in [2.24, 2.45) is 5.92 Å². The number of carbonyl (C=O) groups is 2. The van der Waals surface area contributed by atoms with Crippen LogP contribution in [0, 0.1) is 5.92 Å². The minimum absolute atomic E-state index is 0.0516. The highest BCUT2D eigenvalue weighted by molar-refractivity contribution is 7.89. The molecule has 1 aromatic carbocycles. The Morgan fingerprint density at radius 2 is 1.87 bits per heavy atom. The zero-order valence-electron chi connectivity index (χ0n) is 18.7. The summed E-state index contributed by atoms with van der Waals surface area (Å²) in [4.78, 5) is 28.6. The average molecular weight is 452 g/mol. The Hall–Kier alpha value is -1.97. The number of piperidine rings is 1. The molecule has 2 aliphatic heterocycles. The van der Waals surface area contributed by atoms with Gasteiger partial charge in [-0.3, -0.25) is 14.5 Å². The van der Waals surface area contributed by atoms with Crippen LogP contribution in [-0.4, -0.2) is 75.9 Å². The zero-order chi connectivity index (χ0) is 22.6. The average Bonchev–Trinajstić information content (AvgIpc) is 3.22. The van der Waals surface area contributed by atoms with Gasteiger partial charge in [-0.1, -0.05) is 20.3 Å². The largest absolute Gasteiger partial charge is 0.469 e. The van der Waals surface area contributed by atoms with Crippen LogP contribution in [0.1, 0.15) is 38.7 Å². The van der Waals surface area contributed by atoms with E-state index >= 15 is 0 Å². The molecule has 1 aromatic rings. The van der Waals surface area contributed by atoms with Gasteiger partial charge in [-0.2, -0.15) is 4.31 Å². The lowest BCUT2D eigenvalue weighted by Crippen LogP contribution is -2.42. The minimum atomic E-state index is -3.49. The summed E-state index contributed by atoms with van der Waals surface area (Å²) in [5.41, 5.74) is 1.66. The van der Waals surface area contributed by atoms with Crippen LogP contribution in [0.15, 0.2) is 23.1 Å². The summed E-state index contributed by atoms with van der Waals surface area (Å²) in [6.07, 6.45) is 3.50. The molecule has 0 saturated carbocycles. The topological polar surface area (TPSA) is 87.2 Å². The highest BCUT2D eigenvalue weighted by Gasteiger charge is 2.30. The van der Waals surface area contributed by atoms with Crippen molar-refractivity contribution in [1.29, 1.82) is 0 Å². The summed E-state index contributed by atoms with van der Waals surface area (Å²) in [5, 5.41) is 0. The molecule has 1 saturated heterocycles. The number of anilines is 1. The Balaban J connectivity index is 1.70. The monoisotopic (exact) mass is 451 g/mol. The van der Waals surface area contributed by atoms with Crippen LogP contribution in [0.3, 0.4) is 0 Å². The van der Waals surface area contributed by atoms with Gasteiger partial charge in [0.25, 0.3) is 0 Å². The van der Waals surface area contributed by atoms with Crippen LogP contribution in [-0.2, 0) is 30.8 Å². The molecule has 2 heterocycles. The third-order valence-electron chi connectivity index (χ3n) is 6.14. The fraction of sp³-hybridized carbons (Fsp3) is 0.636. The van der Waals surface area contributed by atoms with Gasteiger partial charge in [0.1, 0.15) is 0 Å². The van der Waals surface area contributed by atoms with E-state index in [0.717, 1.165) is 30.5 Å². The second kappa shape index (κ2) is 10.1. The van der Waals surface area contributed by atoms with Crippen LogP contribution in [0.2, 0.25) is 0 Å². The molecule has 3 rings (SSSR count). The van der Waals surface area contributed by atoms with E-state index in [1.54, 1.807) is 34.3 Å². The van der Waals surface area contributed by atoms with Gasteiger partial charge >= 0.3 is 5.97 Å². The molecule has 0 aromatic heterocycles. The van der Waals surface area contributed by atoms with Crippen molar-refractivity contribution in [2.45, 2.75) is 44.4 Å². The van der Waals surface area contributed by atoms with Crippen molar-refractivity contribution in [3.8, 4) is 0 Å². The molecule has 172 valence electrons. The molecule has 0 radical (unpaired) electrons. The van der Waals surface area contributed by atoms with Crippen molar-refractivity contribution >= 4 is 27.6 Å². The first-order chi connectivity index (χ1) is 14.8. The number of ether oxygens (including phenoxy) is 1. The summed E-state index contributed by atoms with van der Waals surface area (Å²) in [5.74, 6) is -0.657. The number of methoxy groups -OCH3 is 1. The number of likely N-dealkylation sites (N-methyl/N-ethyl adjacent to an activating group) is 1. The molecule has 2 aliphatic rings. The maximum Gasteiger partial charge on any atom is 0.309 e. The quantitative estimate of drug-likeness (QED) is 0.561. The summed E-state index contributed by atoms with van der Waals surface area (Å²) >= 11 is 0. The van der Waals surface area contributed by atoms with Crippen molar-refractivity contribution in [2.75, 3.05) is 51.3 Å². The van der Waals surface area contributed by atoms with Crippen molar-refractivity contribution in [3.05, 3.63) is 23.8 Å². The number of carbonyl (C=O) groups excluding carboxylic acids is 2. The summed E-state index contributed by atoms with van der Waals surface area (Å²) in [6.45, 7) is 6.70. The number of fused-ring (bicyclic) bond motifs is 1. The van der Waals surface area contributed by atoms with Crippen LogP contribution in [0.25, 0.3) is 0 Å². The Bertz CT molecular complexity index is 912. The van der Waals surface area contributed by atoms with Crippen LogP contribution in [0.5, 0.6) is 0 Å². The van der Waals surface area contributed by atoms with E-state index in [1.165, 1.54) is 7.11 Å². The van der Waals surface area contributed by atoms with Crippen LogP contribution >= 0.6 is 0 Å². The maximum atomic E-state index is 13.0. The molecule has 1 atom stereocenters. The van der Waals surface area contributed by atoms with E-state index in [9.17, 15) is 18.0 Å². The number of amides is 1. The number of sulfonamides is 1. The fourth-order valence-corrected chi connectivity index (χ4v) is 5.87. The van der Waals surface area contributed by atoms with E-state index in [4.69, 9.17) is 4.74 Å². The van der Waals surface area contributed by atoms with Crippen molar-refractivity contribution < 1.29 is 22.7 Å². The van der Waals surface area contributed by atoms with E-state index < -0.39 is 10.0 Å². The lowest BCUT2D eigenvalue weighted by Gasteiger charge is -2.27. The summed E-state index contributed by atoms with van der Waals surface area (Å²) in [7, 11) is -2.13. The van der Waals surface area contributed by atoms with E-state index in [1.807, 2.05) is 11.8 Å². The first kappa shape index (κ1) is 23.7. The molecule has 0 spiro atoms. The van der Waals surface area contributed by atoms with Gasteiger partial charge in [0.05, 0.1) is 24.5 Å². The normalized spacial score (nSPS) is 18.1. The van der Waals surface area contributed by atoms with Gasteiger partial charge < -0.3 is 9.64 Å². The first-order valence-corrected chi connectivity index (χ1v) is 12.5. The van der Waals surface area contributed by atoms with Crippen LogP contribution in [0.4, 0.5) is 5.69 Å². The standard InChI is InChI=1S/C22H33N3O5S/c1-4-23(15-17(2)22(27)30-3)16-21(26)25-13-10-18-14-19(8-9-20(18)25)31(28,29)24-11-6-5-7-12-24/h8-9,14,17H,4-7,10-13,15-16H2,1-3H3. The van der Waals surface area contributed by atoms with E-state index in [-0.39, 0.29) is 24.3 Å². The summed E-state index contributed by atoms with van der Waals surface area (Å²) in [6, 6.07) is 5.10. The Labute approximate surface area is 185 Å². The SMILES string of the molecule is CCN(CC(=O)N1CCc2cc(S(=O)(=O)N3CCCCC3)ccc21)CC(C)C(=O)OC. The number of benzene rings is 1. The Morgan fingerprint density at radius 1 is 1.16 bits per heavy atom. The number of rotatable bonds is 8. The number of hydrogen-bond acceptors (Lipinski definition) is 6. The van der Waals surface area contributed by atoms with Gasteiger partial charge in [-0.15, -0.1) is 0 Å². The maximum absolute atomic E-state index is 13.0. The van der Waals surface area contributed by atoms with Gasteiger partial charge in [-0.25, -0.2) is 8.42 Å². The van der Waals surface area contributed by atoms with Crippen molar-refractivity contribution in [1.82, 2.24) is 9.21 Å². The highest BCUT2D eigenvalue weighted by atomic mass is 32.2. The summed E-state index contributed by atoms with van der Waals surface area (Å²) < 4.78 is 32.3. The van der Waals surface area contributed by atoms with Crippen LogP contribution < -0.4 is 4.90 Å². The third-order valence-corrected chi connectivity index (χ3v) is 8.04. The predicted octanol–water partition coefficient (Wildman–Crippen LogP) is 1.88. The molecule has 31 heavy (non-hydrogen) atoms. The molecule has 1 unspecified atom stereocenters. The fourth-order valence-electron chi connectivity index (χ4n) is 4.30. The minimum Gasteiger partial charge on any atom is -0.469 e. The van der Waals surface area contributed by atoms with E-state index in [0.29, 0.717) is 44.0 Å². The molecule has 0 N–H and O–H groups in total. The molecule has 1 fully saturated rings. The van der Waals surface area contributed by atoms with Gasteiger partial charge in [0, 0.05) is 31.9 Å². The smallest absolute Gasteiger partial charge is 0.309 e. The van der Waals surface area contributed by atoms with Crippen molar-refractivity contribution in [3.63, 3.8) is 0 Å². The second-order valence-corrected chi connectivity index (χ2v) is 10.2. The zero-order valence-corrected chi connectivity index (χ0v) is 19.5. The Kier molecular flexibility index (Phi) is 7.72. The van der Waals surface area contributed by atoms with E-state index in [2.05, 4.69) is 0 Å². The molecular weight excluding hydrogens is 418 g/mol. The Morgan fingerprint density at radius 3 is 2.52 bits per heavy atom. The van der Waals surface area contributed by atoms with Gasteiger partial charge in [-0.05, 0) is 49.6 Å². The second-order valence-electron chi connectivity index (χ2n) is 8.30. The predicted molar refractivity (Wildman–Crippen MR) is 118 cm³/mol.